The van der Waals surface area contributed by atoms with E-state index >= 15 is 0 Å². The summed E-state index contributed by atoms with van der Waals surface area (Å²) in [7, 11) is 0. The zero-order valence-electron chi connectivity index (χ0n) is 17.0. The Labute approximate surface area is 179 Å². The van der Waals surface area contributed by atoms with Gasteiger partial charge in [-0.2, -0.15) is 5.10 Å². The normalized spacial score (nSPS) is 11.1. The highest BCUT2D eigenvalue weighted by Crippen LogP contribution is 2.30. The van der Waals surface area contributed by atoms with Gasteiger partial charge >= 0.3 is 0 Å². The number of para-hydroxylation sites is 1. The number of hydrogen-bond donors (Lipinski definition) is 1. The Morgan fingerprint density at radius 1 is 1.07 bits per heavy atom. The molecule has 0 bridgehead atoms. The lowest BCUT2D eigenvalue weighted by Gasteiger charge is -2.11. The predicted octanol–water partition coefficient (Wildman–Crippen LogP) is 5.00. The monoisotopic (exact) mass is 453 g/mol. The van der Waals surface area contributed by atoms with Gasteiger partial charge in [-0.3, -0.25) is 4.79 Å². The lowest BCUT2D eigenvalue weighted by molar-refractivity contribution is -0.123. The second-order valence-electron chi connectivity index (χ2n) is 6.97. The quantitative estimate of drug-likeness (QED) is 0.421. The highest BCUT2D eigenvalue weighted by molar-refractivity contribution is 9.10. The average Bonchev–Trinajstić information content (AvgIpc) is 2.89. The van der Waals surface area contributed by atoms with Gasteiger partial charge in [0.15, 0.2) is 6.61 Å². The topological polar surface area (TPSA) is 55.6 Å². The molecule has 1 amide bonds. The van der Waals surface area contributed by atoms with Crippen LogP contribution in [-0.4, -0.2) is 23.3 Å². The first-order valence-corrected chi connectivity index (χ1v) is 10.1. The first-order valence-electron chi connectivity index (χ1n) is 9.32. The molecule has 150 valence electrons. The second-order valence-corrected chi connectivity index (χ2v) is 7.77. The summed E-state index contributed by atoms with van der Waals surface area (Å²) in [5.41, 5.74) is 9.09. The van der Waals surface area contributed by atoms with Crippen LogP contribution in [0, 0.1) is 27.7 Å². The van der Waals surface area contributed by atoms with Crippen molar-refractivity contribution in [2.45, 2.75) is 27.7 Å². The number of aryl methyl sites for hydroxylation is 2. The number of ether oxygens (including phenoxy) is 1. The van der Waals surface area contributed by atoms with Gasteiger partial charge < -0.3 is 9.30 Å². The molecule has 1 N–H and O–H groups in total. The van der Waals surface area contributed by atoms with E-state index in [4.69, 9.17) is 4.74 Å². The number of carbonyl (C=O) groups excluding carboxylic acids is 1. The highest BCUT2D eigenvalue weighted by Gasteiger charge is 2.16. The number of aromatic nitrogens is 1. The second kappa shape index (κ2) is 9.09. The fourth-order valence-electron chi connectivity index (χ4n) is 3.31. The van der Waals surface area contributed by atoms with Crippen molar-refractivity contribution < 1.29 is 9.53 Å². The summed E-state index contributed by atoms with van der Waals surface area (Å²) < 4.78 is 8.56. The standard InChI is InChI=1S/C23H24BrN3O2/c1-15-10-16(2)12-19(11-15)27-17(3)21(23(24)18(27)4)13-25-26-22(28)14-29-20-8-6-5-7-9-20/h5-13H,14H2,1-4H3,(H,26,28)/b25-13-. The molecule has 0 saturated heterocycles. The molecule has 6 heteroatoms. The smallest absolute Gasteiger partial charge is 0.277 e. The predicted molar refractivity (Wildman–Crippen MR) is 120 cm³/mol. The largest absolute Gasteiger partial charge is 0.484 e. The van der Waals surface area contributed by atoms with E-state index < -0.39 is 0 Å². The minimum absolute atomic E-state index is 0.0931. The van der Waals surface area contributed by atoms with Gasteiger partial charge in [0.25, 0.3) is 5.91 Å². The first kappa shape index (κ1) is 20.9. The van der Waals surface area contributed by atoms with Crippen molar-refractivity contribution in [3.05, 3.63) is 81.1 Å². The molecule has 0 fully saturated rings. The van der Waals surface area contributed by atoms with E-state index in [0.717, 1.165) is 27.1 Å². The third-order valence-corrected chi connectivity index (χ3v) is 5.58. The van der Waals surface area contributed by atoms with E-state index in [9.17, 15) is 4.79 Å². The first-order chi connectivity index (χ1) is 13.9. The van der Waals surface area contributed by atoms with E-state index in [1.54, 1.807) is 18.3 Å². The summed E-state index contributed by atoms with van der Waals surface area (Å²) in [6, 6.07) is 15.7. The van der Waals surface area contributed by atoms with Crippen LogP contribution in [0.1, 0.15) is 28.1 Å². The van der Waals surface area contributed by atoms with Crippen LogP contribution >= 0.6 is 15.9 Å². The molecule has 3 rings (SSSR count). The zero-order chi connectivity index (χ0) is 21.0. The van der Waals surface area contributed by atoms with Crippen LogP contribution in [0.25, 0.3) is 5.69 Å². The lowest BCUT2D eigenvalue weighted by Crippen LogP contribution is -2.24. The number of amides is 1. The van der Waals surface area contributed by atoms with Crippen molar-refractivity contribution in [1.82, 2.24) is 9.99 Å². The van der Waals surface area contributed by atoms with Gasteiger partial charge in [-0.05, 0) is 79.0 Å². The van der Waals surface area contributed by atoms with Gasteiger partial charge in [0.05, 0.1) is 6.21 Å². The molecule has 0 aliphatic heterocycles. The summed E-state index contributed by atoms with van der Waals surface area (Å²) in [4.78, 5) is 12.0. The minimum atomic E-state index is -0.315. The van der Waals surface area contributed by atoms with Gasteiger partial charge in [0.1, 0.15) is 5.75 Å². The number of hydrogen-bond acceptors (Lipinski definition) is 3. The molecule has 0 radical (unpaired) electrons. The molecule has 0 aliphatic rings. The molecule has 1 aromatic heterocycles. The fraction of sp³-hybridized carbons (Fsp3) is 0.217. The van der Waals surface area contributed by atoms with Gasteiger partial charge in [-0.25, -0.2) is 5.43 Å². The van der Waals surface area contributed by atoms with Crippen LogP contribution in [0.4, 0.5) is 0 Å². The highest BCUT2D eigenvalue weighted by atomic mass is 79.9. The zero-order valence-corrected chi connectivity index (χ0v) is 18.6. The maximum Gasteiger partial charge on any atom is 0.277 e. The van der Waals surface area contributed by atoms with Crippen molar-refractivity contribution in [2.75, 3.05) is 6.61 Å². The molecule has 2 aromatic carbocycles. The third-order valence-electron chi connectivity index (χ3n) is 4.58. The molecular weight excluding hydrogens is 430 g/mol. The number of hydrazone groups is 1. The SMILES string of the molecule is Cc1cc(C)cc(-n2c(C)c(Br)c(/C=N\NC(=O)COc3ccccc3)c2C)c1. The van der Waals surface area contributed by atoms with Crippen molar-refractivity contribution in [2.24, 2.45) is 5.10 Å². The van der Waals surface area contributed by atoms with E-state index in [1.165, 1.54) is 11.1 Å². The Morgan fingerprint density at radius 2 is 1.72 bits per heavy atom. The van der Waals surface area contributed by atoms with E-state index in [1.807, 2.05) is 25.1 Å². The molecule has 0 unspecified atom stereocenters. The summed E-state index contributed by atoms with van der Waals surface area (Å²) >= 11 is 3.67. The van der Waals surface area contributed by atoms with Crippen molar-refractivity contribution in [3.63, 3.8) is 0 Å². The fourth-order valence-corrected chi connectivity index (χ4v) is 3.87. The van der Waals surface area contributed by atoms with Gasteiger partial charge in [-0.1, -0.05) is 24.3 Å². The summed E-state index contributed by atoms with van der Waals surface area (Å²) in [5.74, 6) is 0.329. The van der Waals surface area contributed by atoms with Gasteiger partial charge in [0, 0.05) is 27.1 Å². The Balaban J connectivity index is 1.73. The van der Waals surface area contributed by atoms with Gasteiger partial charge in [0.2, 0.25) is 0 Å². The van der Waals surface area contributed by atoms with Crippen LogP contribution in [0.2, 0.25) is 0 Å². The average molecular weight is 454 g/mol. The van der Waals surface area contributed by atoms with Gasteiger partial charge in [-0.15, -0.1) is 0 Å². The van der Waals surface area contributed by atoms with E-state index in [2.05, 4.69) is 70.0 Å². The van der Waals surface area contributed by atoms with Crippen molar-refractivity contribution in [3.8, 4) is 11.4 Å². The van der Waals surface area contributed by atoms with Crippen LogP contribution in [-0.2, 0) is 4.79 Å². The number of halogens is 1. The molecular formula is C23H24BrN3O2. The molecule has 29 heavy (non-hydrogen) atoms. The Kier molecular flexibility index (Phi) is 6.54. The summed E-state index contributed by atoms with van der Waals surface area (Å²) in [6.07, 6.45) is 1.66. The van der Waals surface area contributed by atoms with E-state index in [0.29, 0.717) is 5.75 Å². The Hall–Kier alpha value is -2.86. The third kappa shape index (κ3) is 4.95. The Morgan fingerprint density at radius 3 is 2.38 bits per heavy atom. The molecule has 0 saturated carbocycles. The van der Waals surface area contributed by atoms with Crippen molar-refractivity contribution >= 4 is 28.1 Å². The van der Waals surface area contributed by atoms with Crippen LogP contribution in [0.3, 0.4) is 0 Å². The molecule has 5 nitrogen and oxygen atoms in total. The lowest BCUT2D eigenvalue weighted by atomic mass is 10.1. The van der Waals surface area contributed by atoms with Crippen LogP contribution in [0.5, 0.6) is 5.75 Å². The number of nitrogens with zero attached hydrogens (tertiary/aromatic N) is 2. The maximum absolute atomic E-state index is 12.0. The number of rotatable bonds is 6. The van der Waals surface area contributed by atoms with E-state index in [-0.39, 0.29) is 12.5 Å². The number of benzene rings is 2. The maximum atomic E-state index is 12.0. The van der Waals surface area contributed by atoms with Crippen LogP contribution in [0.15, 0.2) is 58.1 Å². The summed E-state index contributed by atoms with van der Waals surface area (Å²) in [6.45, 7) is 8.18. The molecule has 0 spiro atoms. The number of carbonyl (C=O) groups is 1. The molecule has 1 heterocycles. The molecule has 0 aliphatic carbocycles. The molecule has 0 atom stereocenters. The number of nitrogens with one attached hydrogen (secondary N) is 1. The molecule has 3 aromatic rings. The van der Waals surface area contributed by atoms with Crippen molar-refractivity contribution in [1.29, 1.82) is 0 Å². The minimum Gasteiger partial charge on any atom is -0.484 e. The Bertz CT molecular complexity index is 1040. The van der Waals surface area contributed by atoms with Crippen LogP contribution < -0.4 is 10.2 Å². The summed E-state index contributed by atoms with van der Waals surface area (Å²) in [5, 5.41) is 4.11.